The molecule has 5 nitrogen and oxygen atoms in total. The summed E-state index contributed by atoms with van der Waals surface area (Å²) < 4.78 is 35.7. The molecule has 3 rings (SSSR count). The van der Waals surface area contributed by atoms with E-state index in [-0.39, 0.29) is 24.3 Å². The second-order valence-corrected chi connectivity index (χ2v) is 8.34. The number of halogens is 1. The lowest BCUT2D eigenvalue weighted by Gasteiger charge is -2.47. The van der Waals surface area contributed by atoms with Crippen LogP contribution in [0.1, 0.15) is 19.8 Å². The quantitative estimate of drug-likeness (QED) is 0.452. The van der Waals surface area contributed by atoms with Gasteiger partial charge in [-0.05, 0) is 6.92 Å². The Labute approximate surface area is 121 Å². The number of quaternary nitrogens is 1. The Morgan fingerprint density at radius 3 is 2.16 bits per heavy atom. The molecule has 3 fully saturated rings. The molecule has 0 aromatic carbocycles. The van der Waals surface area contributed by atoms with Crippen LogP contribution in [-0.2, 0) is 19.3 Å². The minimum atomic E-state index is -2.77. The Kier molecular flexibility index (Phi) is 4.20. The molecule has 0 aromatic rings. The summed E-state index contributed by atoms with van der Waals surface area (Å²) in [6.07, 6.45) is 1.99. The van der Waals surface area contributed by atoms with E-state index in [9.17, 15) is 8.42 Å². The molecular weight excluding hydrogens is 290 g/mol. The average molecular weight is 312 g/mol. The molecule has 0 amide bonds. The fourth-order valence-corrected chi connectivity index (χ4v) is 4.88. The van der Waals surface area contributed by atoms with Crippen molar-refractivity contribution in [3.63, 3.8) is 0 Å². The van der Waals surface area contributed by atoms with E-state index in [0.717, 1.165) is 43.5 Å². The van der Waals surface area contributed by atoms with Crippen LogP contribution in [0.4, 0.5) is 0 Å². The standard InChI is InChI=1S/C12H22NO4S.ClH/c1-11-10-16-12(17-11)2-4-13(5-3-12)6-8-18(14,15)9-7-13;/h11H,2-10H2,1H3;1H/q+1;/p-1. The van der Waals surface area contributed by atoms with Crippen molar-refractivity contribution in [2.24, 2.45) is 0 Å². The summed E-state index contributed by atoms with van der Waals surface area (Å²) in [5, 5.41) is 0. The summed E-state index contributed by atoms with van der Waals surface area (Å²) in [6.45, 7) is 6.25. The van der Waals surface area contributed by atoms with Gasteiger partial charge in [0.25, 0.3) is 0 Å². The van der Waals surface area contributed by atoms with Crippen LogP contribution >= 0.6 is 0 Å². The van der Waals surface area contributed by atoms with Crippen LogP contribution in [-0.4, -0.2) is 69.1 Å². The molecule has 0 bridgehead atoms. The van der Waals surface area contributed by atoms with Crippen molar-refractivity contribution in [2.75, 3.05) is 44.3 Å². The van der Waals surface area contributed by atoms with Crippen molar-refractivity contribution < 1.29 is 34.8 Å². The summed E-state index contributed by atoms with van der Waals surface area (Å²) in [5.74, 6) is 0.329. The van der Waals surface area contributed by atoms with E-state index in [2.05, 4.69) is 0 Å². The van der Waals surface area contributed by atoms with E-state index < -0.39 is 9.84 Å². The summed E-state index contributed by atoms with van der Waals surface area (Å²) >= 11 is 0. The number of sulfone groups is 1. The van der Waals surface area contributed by atoms with Crippen LogP contribution in [0.5, 0.6) is 0 Å². The second-order valence-electron chi connectivity index (χ2n) is 6.04. The molecule has 0 saturated carbocycles. The van der Waals surface area contributed by atoms with Crippen molar-refractivity contribution in [1.29, 1.82) is 0 Å². The maximum absolute atomic E-state index is 11.5. The smallest absolute Gasteiger partial charge is 0.179 e. The Morgan fingerprint density at radius 2 is 1.68 bits per heavy atom. The fraction of sp³-hybridized carbons (Fsp3) is 1.00. The highest BCUT2D eigenvalue weighted by Gasteiger charge is 2.49. The first kappa shape index (κ1) is 15.5. The van der Waals surface area contributed by atoms with E-state index in [4.69, 9.17) is 9.47 Å². The highest BCUT2D eigenvalue weighted by molar-refractivity contribution is 7.91. The predicted molar refractivity (Wildman–Crippen MR) is 66.8 cm³/mol. The molecule has 1 atom stereocenters. The van der Waals surface area contributed by atoms with Gasteiger partial charge in [0.15, 0.2) is 15.6 Å². The lowest BCUT2D eigenvalue weighted by Crippen LogP contribution is -3.00. The second kappa shape index (κ2) is 5.15. The SMILES string of the molecule is CC1COC2(CC[N+]3(CC2)CCS(=O)(=O)CC3)O1.[Cl-]. The summed E-state index contributed by atoms with van der Waals surface area (Å²) in [4.78, 5) is 0. The first-order chi connectivity index (χ1) is 8.43. The first-order valence-corrected chi connectivity index (χ1v) is 8.62. The molecule has 3 aliphatic heterocycles. The molecule has 0 N–H and O–H groups in total. The Bertz CT molecular complexity index is 415. The number of piperidine rings is 1. The zero-order chi connectivity index (χ0) is 12.9. The van der Waals surface area contributed by atoms with Crippen LogP contribution in [0.25, 0.3) is 0 Å². The van der Waals surface area contributed by atoms with Gasteiger partial charge in [-0.2, -0.15) is 0 Å². The maximum Gasteiger partial charge on any atom is 0.179 e. The predicted octanol–water partition coefficient (Wildman–Crippen LogP) is -2.84. The monoisotopic (exact) mass is 311 g/mol. The highest BCUT2D eigenvalue weighted by atomic mass is 35.5. The molecule has 2 spiro atoms. The van der Waals surface area contributed by atoms with Crippen LogP contribution in [0, 0.1) is 0 Å². The normalized spacial score (nSPS) is 35.1. The number of rotatable bonds is 0. The molecule has 0 aliphatic carbocycles. The van der Waals surface area contributed by atoms with Crippen molar-refractivity contribution in [2.45, 2.75) is 31.7 Å². The van der Waals surface area contributed by atoms with Crippen molar-refractivity contribution >= 4 is 9.84 Å². The third-order valence-electron chi connectivity index (χ3n) is 4.68. The lowest BCUT2D eigenvalue weighted by molar-refractivity contribution is -0.932. The molecular formula is C12H22ClNO4S. The zero-order valence-corrected chi connectivity index (χ0v) is 12.9. The van der Waals surface area contributed by atoms with Gasteiger partial charge in [-0.1, -0.05) is 0 Å². The largest absolute Gasteiger partial charge is 1.00 e. The van der Waals surface area contributed by atoms with Gasteiger partial charge < -0.3 is 26.4 Å². The van der Waals surface area contributed by atoms with E-state index in [0.29, 0.717) is 18.1 Å². The number of hydrogen-bond acceptors (Lipinski definition) is 4. The fourth-order valence-electron chi connectivity index (χ4n) is 3.34. The molecule has 112 valence electrons. The van der Waals surface area contributed by atoms with Crippen LogP contribution < -0.4 is 12.4 Å². The Balaban J connectivity index is 0.00000133. The zero-order valence-electron chi connectivity index (χ0n) is 11.3. The van der Waals surface area contributed by atoms with Gasteiger partial charge in [0.05, 0.1) is 63.2 Å². The van der Waals surface area contributed by atoms with Crippen LogP contribution in [0.15, 0.2) is 0 Å². The third kappa shape index (κ3) is 3.08. The molecule has 3 aliphatic rings. The van der Waals surface area contributed by atoms with Gasteiger partial charge in [0, 0.05) is 0 Å². The lowest BCUT2D eigenvalue weighted by atomic mass is 10.0. The summed E-state index contributed by atoms with van der Waals surface area (Å²) in [7, 11) is -2.77. The number of nitrogens with zero attached hydrogens (tertiary/aromatic N) is 1. The Morgan fingerprint density at radius 1 is 1.11 bits per heavy atom. The van der Waals surface area contributed by atoms with Gasteiger partial charge in [0.1, 0.15) is 0 Å². The van der Waals surface area contributed by atoms with E-state index in [1.807, 2.05) is 6.92 Å². The Hall–Kier alpha value is 0.120. The topological polar surface area (TPSA) is 52.6 Å². The molecule has 3 heterocycles. The molecule has 7 heteroatoms. The highest BCUT2D eigenvalue weighted by Crippen LogP contribution is 2.37. The van der Waals surface area contributed by atoms with E-state index >= 15 is 0 Å². The van der Waals surface area contributed by atoms with E-state index in [1.54, 1.807) is 0 Å². The molecule has 1 unspecified atom stereocenters. The minimum absolute atomic E-state index is 0. The van der Waals surface area contributed by atoms with Gasteiger partial charge in [-0.3, -0.25) is 0 Å². The molecule has 3 saturated heterocycles. The van der Waals surface area contributed by atoms with Gasteiger partial charge in [-0.15, -0.1) is 0 Å². The number of ether oxygens (including phenoxy) is 2. The summed E-state index contributed by atoms with van der Waals surface area (Å²) in [6, 6.07) is 0. The van der Waals surface area contributed by atoms with Crippen molar-refractivity contribution in [1.82, 2.24) is 0 Å². The van der Waals surface area contributed by atoms with Crippen molar-refractivity contribution in [3.05, 3.63) is 0 Å². The number of hydrogen-bond donors (Lipinski definition) is 0. The molecule has 19 heavy (non-hydrogen) atoms. The molecule has 0 radical (unpaired) electrons. The van der Waals surface area contributed by atoms with Gasteiger partial charge in [-0.25, -0.2) is 8.42 Å². The van der Waals surface area contributed by atoms with Gasteiger partial charge in [0.2, 0.25) is 0 Å². The van der Waals surface area contributed by atoms with Gasteiger partial charge >= 0.3 is 0 Å². The summed E-state index contributed by atoms with van der Waals surface area (Å²) in [5.41, 5.74) is 0. The van der Waals surface area contributed by atoms with E-state index in [1.165, 1.54) is 0 Å². The van der Waals surface area contributed by atoms with Crippen LogP contribution in [0.3, 0.4) is 0 Å². The first-order valence-electron chi connectivity index (χ1n) is 6.80. The molecule has 0 aromatic heterocycles. The third-order valence-corrected chi connectivity index (χ3v) is 6.29. The average Bonchev–Trinajstić information content (AvgIpc) is 2.69. The van der Waals surface area contributed by atoms with Crippen LogP contribution in [0.2, 0.25) is 0 Å². The minimum Gasteiger partial charge on any atom is -1.00 e. The van der Waals surface area contributed by atoms with Crippen molar-refractivity contribution in [3.8, 4) is 0 Å². The maximum atomic E-state index is 11.5.